The quantitative estimate of drug-likeness (QED) is 0.479. The number of nitrogens with two attached hydrogens (primary N) is 1. The van der Waals surface area contributed by atoms with Gasteiger partial charge in [0.1, 0.15) is 0 Å². The molecule has 2 atom stereocenters. The molecule has 0 unspecified atom stereocenters. The topological polar surface area (TPSA) is 26.0 Å². The molecule has 0 amide bonds. The summed E-state index contributed by atoms with van der Waals surface area (Å²) in [4.78, 5) is 0. The first-order valence-corrected chi connectivity index (χ1v) is 3.68. The van der Waals surface area contributed by atoms with Gasteiger partial charge in [0.25, 0.3) is 0 Å². The third kappa shape index (κ3) is 1.87. The van der Waals surface area contributed by atoms with E-state index in [0.717, 1.165) is 0 Å². The molecule has 0 aliphatic heterocycles. The van der Waals surface area contributed by atoms with E-state index >= 15 is 0 Å². The molecule has 1 aliphatic rings. The van der Waals surface area contributed by atoms with Gasteiger partial charge >= 0.3 is 18.9 Å². The molecule has 0 spiro atoms. The summed E-state index contributed by atoms with van der Waals surface area (Å²) < 4.78 is 0. The first-order valence-electron chi connectivity index (χ1n) is 3.68. The van der Waals surface area contributed by atoms with E-state index in [1.807, 2.05) is 6.07 Å². The van der Waals surface area contributed by atoms with Crippen molar-refractivity contribution in [1.82, 2.24) is 0 Å². The molecule has 1 aromatic carbocycles. The molecule has 2 N–H and O–H groups in total. The van der Waals surface area contributed by atoms with Crippen LogP contribution in [0.25, 0.3) is 0 Å². The molecule has 2 rings (SSSR count). The van der Waals surface area contributed by atoms with Crippen LogP contribution in [0.1, 0.15) is 19.3 Å². The van der Waals surface area contributed by atoms with Crippen molar-refractivity contribution in [3.05, 3.63) is 35.9 Å². The average Bonchev–Trinajstić information content (AvgIpc) is 2.69. The zero-order valence-corrected chi connectivity index (χ0v) is 6.83. The molecule has 2 heteroatoms. The predicted molar refractivity (Wildman–Crippen MR) is 42.9 cm³/mol. The number of hydrogen-bond acceptors (Lipinski definition) is 1. The van der Waals surface area contributed by atoms with Gasteiger partial charge in [-0.3, -0.25) is 0 Å². The van der Waals surface area contributed by atoms with Crippen LogP contribution in [0.3, 0.4) is 0 Å². The van der Waals surface area contributed by atoms with Crippen LogP contribution in [0.15, 0.2) is 30.3 Å². The third-order valence-electron chi connectivity index (χ3n) is 2.07. The van der Waals surface area contributed by atoms with E-state index in [0.29, 0.717) is 12.0 Å². The van der Waals surface area contributed by atoms with Crippen LogP contribution in [-0.4, -0.2) is 6.04 Å². The molecule has 0 heterocycles. The van der Waals surface area contributed by atoms with Gasteiger partial charge in [-0.05, 0) is 12.0 Å². The summed E-state index contributed by atoms with van der Waals surface area (Å²) in [5.74, 6) is 0.654. The summed E-state index contributed by atoms with van der Waals surface area (Å²) in [5, 5.41) is 0. The molecule has 0 aromatic heterocycles. The van der Waals surface area contributed by atoms with E-state index < -0.39 is 0 Å². The Bertz CT molecular complexity index is 227. The summed E-state index contributed by atoms with van der Waals surface area (Å²) in [6, 6.07) is 10.9. The molecule has 11 heavy (non-hydrogen) atoms. The molecule has 1 fully saturated rings. The second kappa shape index (κ2) is 3.45. The third-order valence-corrected chi connectivity index (χ3v) is 2.07. The van der Waals surface area contributed by atoms with Gasteiger partial charge in [-0.1, -0.05) is 30.3 Å². The Labute approximate surface area is 80.6 Å². The number of rotatable bonds is 1. The predicted octanol–water partition coefficient (Wildman–Crippen LogP) is -1.38. The fourth-order valence-corrected chi connectivity index (χ4v) is 1.30. The Balaban J connectivity index is 0.000000605. The van der Waals surface area contributed by atoms with Crippen molar-refractivity contribution < 1.29 is 20.3 Å². The molecule has 0 saturated heterocycles. The van der Waals surface area contributed by atoms with Crippen molar-refractivity contribution >= 4 is 0 Å². The molecule has 1 aliphatic carbocycles. The van der Waals surface area contributed by atoms with Crippen molar-refractivity contribution in [2.75, 3.05) is 0 Å². The van der Waals surface area contributed by atoms with Gasteiger partial charge in [-0.15, -0.1) is 0 Å². The molecule has 1 aromatic rings. The van der Waals surface area contributed by atoms with Gasteiger partial charge in [-0.25, -0.2) is 0 Å². The monoisotopic (exact) mass is 141 g/mol. The van der Waals surface area contributed by atoms with Crippen molar-refractivity contribution in [2.45, 2.75) is 18.4 Å². The van der Waals surface area contributed by atoms with E-state index in [1.54, 1.807) is 0 Å². The summed E-state index contributed by atoms with van der Waals surface area (Å²) in [5.41, 5.74) is 7.10. The molecule has 1 saturated carbocycles. The molecular formula is C9H12LiN. The Morgan fingerprint density at radius 2 is 1.82 bits per heavy atom. The van der Waals surface area contributed by atoms with Gasteiger partial charge in [0.2, 0.25) is 0 Å². The SMILES string of the molecule is N[C@@H]1C[C@H]1c1ccccc1.[H-].[Li+]. The zero-order valence-electron chi connectivity index (χ0n) is 7.83. The first-order chi connectivity index (χ1) is 4.88. The van der Waals surface area contributed by atoms with Gasteiger partial charge in [-0.2, -0.15) is 0 Å². The smallest absolute Gasteiger partial charge is 1.00 e. The maximum Gasteiger partial charge on any atom is 1.00 e. The average molecular weight is 141 g/mol. The Hall–Kier alpha value is -0.223. The summed E-state index contributed by atoms with van der Waals surface area (Å²) in [6.45, 7) is 0. The fourth-order valence-electron chi connectivity index (χ4n) is 1.30. The summed E-state index contributed by atoms with van der Waals surface area (Å²) in [6.07, 6.45) is 1.17. The van der Waals surface area contributed by atoms with Crippen LogP contribution in [-0.2, 0) is 0 Å². The van der Waals surface area contributed by atoms with E-state index in [1.165, 1.54) is 12.0 Å². The van der Waals surface area contributed by atoms with Crippen LogP contribution >= 0.6 is 0 Å². The molecule has 0 bridgehead atoms. The molecule has 54 valence electrons. The van der Waals surface area contributed by atoms with Crippen LogP contribution in [0.2, 0.25) is 0 Å². The van der Waals surface area contributed by atoms with Crippen LogP contribution in [0, 0.1) is 0 Å². The first kappa shape index (κ1) is 8.87. The maximum absolute atomic E-state index is 5.70. The van der Waals surface area contributed by atoms with E-state index in [9.17, 15) is 0 Å². The van der Waals surface area contributed by atoms with Crippen molar-refractivity contribution in [1.29, 1.82) is 0 Å². The minimum Gasteiger partial charge on any atom is -1.00 e. The Morgan fingerprint density at radius 3 is 2.27 bits per heavy atom. The van der Waals surface area contributed by atoms with Gasteiger partial charge < -0.3 is 7.16 Å². The van der Waals surface area contributed by atoms with E-state index in [2.05, 4.69) is 24.3 Å². The molecule has 1 nitrogen and oxygen atoms in total. The van der Waals surface area contributed by atoms with Crippen LogP contribution < -0.4 is 24.6 Å². The summed E-state index contributed by atoms with van der Waals surface area (Å²) in [7, 11) is 0. The zero-order chi connectivity index (χ0) is 6.97. The van der Waals surface area contributed by atoms with Gasteiger partial charge in [0, 0.05) is 12.0 Å². The number of benzene rings is 1. The van der Waals surface area contributed by atoms with Gasteiger partial charge in [0.05, 0.1) is 0 Å². The van der Waals surface area contributed by atoms with Crippen LogP contribution in [0.4, 0.5) is 0 Å². The fraction of sp³-hybridized carbons (Fsp3) is 0.333. The van der Waals surface area contributed by atoms with Gasteiger partial charge in [0.15, 0.2) is 0 Å². The van der Waals surface area contributed by atoms with Crippen molar-refractivity contribution in [3.63, 3.8) is 0 Å². The van der Waals surface area contributed by atoms with Crippen LogP contribution in [0.5, 0.6) is 0 Å². The second-order valence-electron chi connectivity index (χ2n) is 2.92. The normalized spacial score (nSPS) is 27.4. The van der Waals surface area contributed by atoms with Crippen molar-refractivity contribution in [3.8, 4) is 0 Å². The maximum atomic E-state index is 5.70. The minimum absolute atomic E-state index is 0. The van der Waals surface area contributed by atoms with E-state index in [4.69, 9.17) is 5.73 Å². The van der Waals surface area contributed by atoms with Crippen molar-refractivity contribution in [2.24, 2.45) is 5.73 Å². The molecular weight excluding hydrogens is 129 g/mol. The second-order valence-corrected chi connectivity index (χ2v) is 2.92. The Morgan fingerprint density at radius 1 is 1.27 bits per heavy atom. The number of hydrogen-bond donors (Lipinski definition) is 1. The Kier molecular flexibility index (Phi) is 2.78. The largest absolute Gasteiger partial charge is 1.00 e. The standard InChI is InChI=1S/C9H11N.Li.H/c10-9-6-8(9)7-4-2-1-3-5-7;;/h1-5,8-9H,6,10H2;;/q;+1;-1/t8-,9+;;/m0../s1. The summed E-state index contributed by atoms with van der Waals surface area (Å²) >= 11 is 0. The van der Waals surface area contributed by atoms with E-state index in [-0.39, 0.29) is 20.3 Å². The molecule has 0 radical (unpaired) electrons. The minimum atomic E-state index is 0.